The maximum absolute atomic E-state index is 11.1. The lowest BCUT2D eigenvalue weighted by Crippen LogP contribution is -2.16. The Balaban J connectivity index is 2.48. The molecule has 0 unspecified atom stereocenters. The molecule has 18 heavy (non-hydrogen) atoms. The van der Waals surface area contributed by atoms with E-state index in [0.29, 0.717) is 12.2 Å². The number of nitrogens with zero attached hydrogens (tertiary/aromatic N) is 1. The van der Waals surface area contributed by atoms with Crippen LogP contribution in [0.4, 0.5) is 0 Å². The number of aromatic carboxylic acids is 1. The fourth-order valence-electron chi connectivity index (χ4n) is 2.39. The van der Waals surface area contributed by atoms with E-state index in [-0.39, 0.29) is 0 Å². The lowest BCUT2D eigenvalue weighted by atomic mass is 9.85. The van der Waals surface area contributed by atoms with E-state index in [9.17, 15) is 4.79 Å². The molecule has 0 saturated heterocycles. The van der Waals surface area contributed by atoms with Gasteiger partial charge in [-0.25, -0.2) is 4.79 Å². The molecule has 1 aromatic rings. The highest BCUT2D eigenvalue weighted by atomic mass is 16.6. The van der Waals surface area contributed by atoms with E-state index in [1.54, 1.807) is 6.07 Å². The van der Waals surface area contributed by atoms with E-state index in [2.05, 4.69) is 5.16 Å². The van der Waals surface area contributed by atoms with Gasteiger partial charge in [0.1, 0.15) is 6.61 Å². The smallest absolute Gasteiger partial charge is 0.335 e. The van der Waals surface area contributed by atoms with Gasteiger partial charge in [0.05, 0.1) is 11.3 Å². The molecule has 0 heterocycles. The first-order chi connectivity index (χ1) is 8.65. The number of oxime groups is 1. The molecule has 2 rings (SSSR count). The Labute approximate surface area is 106 Å². The minimum Gasteiger partial charge on any atom is -0.478 e. The zero-order valence-corrected chi connectivity index (χ0v) is 10.7. The second kappa shape index (κ2) is 5.21. The molecule has 0 amide bonds. The van der Waals surface area contributed by atoms with E-state index >= 15 is 0 Å². The molecule has 0 bridgehead atoms. The molecule has 1 aliphatic carbocycles. The molecule has 0 aliphatic heterocycles. The highest BCUT2D eigenvalue weighted by molar-refractivity contribution is 6.04. The number of carboxylic acids is 1. The molecule has 0 spiro atoms. The van der Waals surface area contributed by atoms with Gasteiger partial charge in [-0.15, -0.1) is 0 Å². The summed E-state index contributed by atoms with van der Waals surface area (Å²) in [6.45, 7) is 4.31. The zero-order chi connectivity index (χ0) is 13.1. The largest absolute Gasteiger partial charge is 0.478 e. The maximum atomic E-state index is 11.1. The van der Waals surface area contributed by atoms with Gasteiger partial charge in [-0.05, 0) is 50.3 Å². The van der Waals surface area contributed by atoms with Crippen molar-refractivity contribution in [2.45, 2.75) is 33.1 Å². The minimum absolute atomic E-state index is 0.381. The van der Waals surface area contributed by atoms with Crippen LogP contribution in [0, 0.1) is 6.92 Å². The molecule has 1 N–H and O–H groups in total. The van der Waals surface area contributed by atoms with Crippen molar-refractivity contribution < 1.29 is 14.7 Å². The monoisotopic (exact) mass is 247 g/mol. The molecular formula is C14H17NO3. The molecule has 4 nitrogen and oxygen atoms in total. The second-order valence-corrected chi connectivity index (χ2v) is 4.38. The van der Waals surface area contributed by atoms with Crippen LogP contribution in [0.25, 0.3) is 0 Å². The van der Waals surface area contributed by atoms with Crippen LogP contribution >= 0.6 is 0 Å². The van der Waals surface area contributed by atoms with E-state index < -0.39 is 5.97 Å². The van der Waals surface area contributed by atoms with E-state index in [1.807, 2.05) is 19.9 Å². The lowest BCUT2D eigenvalue weighted by Gasteiger charge is -2.20. The first-order valence-electron chi connectivity index (χ1n) is 6.20. The van der Waals surface area contributed by atoms with E-state index in [0.717, 1.165) is 41.7 Å². The summed E-state index contributed by atoms with van der Waals surface area (Å²) in [5.41, 5.74) is 4.30. The highest BCUT2D eigenvalue weighted by Gasteiger charge is 2.21. The van der Waals surface area contributed by atoms with Gasteiger partial charge in [-0.2, -0.15) is 0 Å². The Hall–Kier alpha value is -1.84. The van der Waals surface area contributed by atoms with Crippen molar-refractivity contribution in [3.63, 3.8) is 0 Å². The third kappa shape index (κ3) is 2.23. The first-order valence-corrected chi connectivity index (χ1v) is 6.20. The molecule has 1 aliphatic rings. The van der Waals surface area contributed by atoms with Crippen molar-refractivity contribution in [3.05, 3.63) is 34.4 Å². The van der Waals surface area contributed by atoms with Gasteiger partial charge in [-0.1, -0.05) is 11.2 Å². The highest BCUT2D eigenvalue weighted by Crippen LogP contribution is 2.27. The van der Waals surface area contributed by atoms with Crippen LogP contribution in [-0.4, -0.2) is 23.4 Å². The lowest BCUT2D eigenvalue weighted by molar-refractivity contribution is 0.0696. The summed E-state index contributed by atoms with van der Waals surface area (Å²) in [5, 5.41) is 13.2. The van der Waals surface area contributed by atoms with Gasteiger partial charge in [0.2, 0.25) is 0 Å². The fourth-order valence-corrected chi connectivity index (χ4v) is 2.39. The number of carbonyl (C=O) groups is 1. The van der Waals surface area contributed by atoms with Gasteiger partial charge in [-0.3, -0.25) is 0 Å². The molecule has 1 aromatic carbocycles. The molecule has 0 radical (unpaired) electrons. The number of carboxylic acid groups (broad SMARTS) is 1. The number of benzene rings is 1. The summed E-state index contributed by atoms with van der Waals surface area (Å²) in [5.74, 6) is -0.871. The molecule has 0 fully saturated rings. The summed E-state index contributed by atoms with van der Waals surface area (Å²) < 4.78 is 0. The Morgan fingerprint density at radius 1 is 1.44 bits per heavy atom. The van der Waals surface area contributed by atoms with Crippen molar-refractivity contribution in [1.82, 2.24) is 0 Å². The van der Waals surface area contributed by atoms with Gasteiger partial charge in [0.25, 0.3) is 0 Å². The predicted molar refractivity (Wildman–Crippen MR) is 69.2 cm³/mol. The SMILES string of the molecule is CCO/N=C1\CCCc2c1ccc(C(=O)O)c2C. The fraction of sp³-hybridized carbons (Fsp3) is 0.429. The third-order valence-corrected chi connectivity index (χ3v) is 3.28. The summed E-state index contributed by atoms with van der Waals surface area (Å²) in [7, 11) is 0. The first kappa shape index (κ1) is 12.6. The van der Waals surface area contributed by atoms with Crippen molar-refractivity contribution in [2.75, 3.05) is 6.61 Å². The van der Waals surface area contributed by atoms with Crippen LogP contribution in [0.2, 0.25) is 0 Å². The minimum atomic E-state index is -0.871. The number of hydrogen-bond acceptors (Lipinski definition) is 3. The average molecular weight is 247 g/mol. The summed E-state index contributed by atoms with van der Waals surface area (Å²) in [4.78, 5) is 16.2. The zero-order valence-electron chi connectivity index (χ0n) is 10.7. The molecule has 4 heteroatoms. The van der Waals surface area contributed by atoms with Gasteiger partial charge in [0.15, 0.2) is 0 Å². The molecule has 0 atom stereocenters. The number of fused-ring (bicyclic) bond motifs is 1. The number of rotatable bonds is 3. The van der Waals surface area contributed by atoms with Gasteiger partial charge < -0.3 is 9.94 Å². The molecule has 96 valence electrons. The molecule has 0 saturated carbocycles. The summed E-state index contributed by atoms with van der Waals surface area (Å²) in [6.07, 6.45) is 2.79. The maximum Gasteiger partial charge on any atom is 0.335 e. The third-order valence-electron chi connectivity index (χ3n) is 3.28. The Kier molecular flexibility index (Phi) is 3.65. The van der Waals surface area contributed by atoms with Gasteiger partial charge >= 0.3 is 5.97 Å². The van der Waals surface area contributed by atoms with Gasteiger partial charge in [0, 0.05) is 5.56 Å². The van der Waals surface area contributed by atoms with Crippen LogP contribution in [0.1, 0.15) is 46.8 Å². The Morgan fingerprint density at radius 3 is 2.89 bits per heavy atom. The van der Waals surface area contributed by atoms with Crippen LogP contribution < -0.4 is 0 Å². The van der Waals surface area contributed by atoms with Crippen molar-refractivity contribution in [2.24, 2.45) is 5.16 Å². The number of hydrogen-bond donors (Lipinski definition) is 1. The molecular weight excluding hydrogens is 230 g/mol. The second-order valence-electron chi connectivity index (χ2n) is 4.38. The summed E-state index contributed by atoms with van der Waals surface area (Å²) >= 11 is 0. The van der Waals surface area contributed by atoms with Crippen LogP contribution in [0.3, 0.4) is 0 Å². The predicted octanol–water partition coefficient (Wildman–Crippen LogP) is 2.77. The Morgan fingerprint density at radius 2 is 2.22 bits per heavy atom. The van der Waals surface area contributed by atoms with Crippen LogP contribution in [0.15, 0.2) is 17.3 Å². The van der Waals surface area contributed by atoms with Crippen molar-refractivity contribution in [1.29, 1.82) is 0 Å². The van der Waals surface area contributed by atoms with E-state index in [1.165, 1.54) is 0 Å². The average Bonchev–Trinajstić information content (AvgIpc) is 2.36. The van der Waals surface area contributed by atoms with Crippen molar-refractivity contribution in [3.8, 4) is 0 Å². The standard InChI is InChI=1S/C14H17NO3/c1-3-18-15-13-6-4-5-10-9(2)11(14(16)17)7-8-12(10)13/h7-8H,3-6H2,1-2H3,(H,16,17)/b15-13+. The van der Waals surface area contributed by atoms with Crippen LogP contribution in [0.5, 0.6) is 0 Å². The summed E-state index contributed by atoms with van der Waals surface area (Å²) in [6, 6.07) is 3.51. The Bertz CT molecular complexity index is 506. The van der Waals surface area contributed by atoms with Crippen molar-refractivity contribution >= 4 is 11.7 Å². The van der Waals surface area contributed by atoms with Crippen LogP contribution in [-0.2, 0) is 11.3 Å². The quantitative estimate of drug-likeness (QED) is 0.835. The van der Waals surface area contributed by atoms with E-state index in [4.69, 9.17) is 9.94 Å². The normalized spacial score (nSPS) is 16.4. The topological polar surface area (TPSA) is 58.9 Å². The molecule has 0 aromatic heterocycles.